The van der Waals surface area contributed by atoms with E-state index in [4.69, 9.17) is 0 Å². The van der Waals surface area contributed by atoms with Gasteiger partial charge in [0.05, 0.1) is 0 Å². The first kappa shape index (κ1) is 11.2. The molecule has 78 valence electrons. The van der Waals surface area contributed by atoms with Crippen LogP contribution in [-0.2, 0) is 6.42 Å². The zero-order valence-electron chi connectivity index (χ0n) is 9.31. The second kappa shape index (κ2) is 5.14. The Hall–Kier alpha value is -0.850. The molecule has 0 amide bonds. The highest BCUT2D eigenvalue weighted by Crippen LogP contribution is 2.19. The van der Waals surface area contributed by atoms with Crippen LogP contribution in [0.2, 0.25) is 0 Å². The fourth-order valence-corrected chi connectivity index (χ4v) is 1.49. The lowest BCUT2D eigenvalue weighted by atomic mass is 9.99. The van der Waals surface area contributed by atoms with Crippen molar-refractivity contribution in [3.63, 3.8) is 0 Å². The average molecular weight is 194 g/mol. The molecule has 0 N–H and O–H groups in total. The summed E-state index contributed by atoms with van der Waals surface area (Å²) in [4.78, 5) is 0. The quantitative estimate of drug-likeness (QED) is 0.670. The summed E-state index contributed by atoms with van der Waals surface area (Å²) in [6, 6.07) is 5.65. The van der Waals surface area contributed by atoms with Crippen molar-refractivity contribution >= 4 is 0 Å². The van der Waals surface area contributed by atoms with Crippen LogP contribution in [0, 0.1) is 5.82 Å². The Labute approximate surface area is 86.2 Å². The summed E-state index contributed by atoms with van der Waals surface area (Å²) >= 11 is 0. The van der Waals surface area contributed by atoms with Gasteiger partial charge in [-0.2, -0.15) is 0 Å². The van der Waals surface area contributed by atoms with Crippen LogP contribution >= 0.6 is 0 Å². The molecular formula is C13H19F. The maximum atomic E-state index is 13.5. The molecule has 0 aliphatic carbocycles. The molecule has 0 fully saturated rings. The summed E-state index contributed by atoms with van der Waals surface area (Å²) in [5.74, 6) is 0.370. The number of hydrogen-bond acceptors (Lipinski definition) is 0. The Morgan fingerprint density at radius 2 is 2.00 bits per heavy atom. The fraction of sp³-hybridized carbons (Fsp3) is 0.538. The van der Waals surface area contributed by atoms with Gasteiger partial charge >= 0.3 is 0 Å². The van der Waals surface area contributed by atoms with Gasteiger partial charge in [0.15, 0.2) is 0 Å². The lowest BCUT2D eigenvalue weighted by Crippen LogP contribution is -1.94. The van der Waals surface area contributed by atoms with Crippen molar-refractivity contribution in [3.8, 4) is 0 Å². The normalized spacial score (nSPS) is 10.9. The molecule has 0 saturated heterocycles. The lowest BCUT2D eigenvalue weighted by Gasteiger charge is -2.08. The van der Waals surface area contributed by atoms with E-state index in [1.165, 1.54) is 0 Å². The SMILES string of the molecule is CCCCc1ccc(C(C)C)cc1F. The van der Waals surface area contributed by atoms with Crippen LogP contribution in [0.1, 0.15) is 50.7 Å². The molecule has 0 spiro atoms. The number of halogens is 1. The van der Waals surface area contributed by atoms with Crippen molar-refractivity contribution < 1.29 is 4.39 Å². The van der Waals surface area contributed by atoms with Gasteiger partial charge in [-0.3, -0.25) is 0 Å². The summed E-state index contributed by atoms with van der Waals surface area (Å²) in [6.07, 6.45) is 3.05. The number of benzene rings is 1. The molecule has 0 heterocycles. The van der Waals surface area contributed by atoms with E-state index < -0.39 is 0 Å². The van der Waals surface area contributed by atoms with Crippen LogP contribution in [-0.4, -0.2) is 0 Å². The second-order valence-electron chi connectivity index (χ2n) is 4.11. The minimum Gasteiger partial charge on any atom is -0.207 e. The van der Waals surface area contributed by atoms with Gasteiger partial charge in [-0.25, -0.2) is 4.39 Å². The van der Waals surface area contributed by atoms with E-state index in [9.17, 15) is 4.39 Å². The van der Waals surface area contributed by atoms with Gasteiger partial charge in [0.25, 0.3) is 0 Å². The van der Waals surface area contributed by atoms with Gasteiger partial charge < -0.3 is 0 Å². The Balaban J connectivity index is 2.79. The van der Waals surface area contributed by atoms with Crippen LogP contribution in [0.4, 0.5) is 4.39 Å². The Morgan fingerprint density at radius 3 is 2.50 bits per heavy atom. The van der Waals surface area contributed by atoms with Crippen LogP contribution in [0.3, 0.4) is 0 Å². The van der Waals surface area contributed by atoms with Gasteiger partial charge in [-0.1, -0.05) is 39.3 Å². The maximum absolute atomic E-state index is 13.5. The molecule has 0 radical (unpaired) electrons. The molecule has 0 aliphatic rings. The number of unbranched alkanes of at least 4 members (excludes halogenated alkanes) is 1. The van der Waals surface area contributed by atoms with Crippen LogP contribution in [0.5, 0.6) is 0 Å². The minimum absolute atomic E-state index is 0.0374. The second-order valence-corrected chi connectivity index (χ2v) is 4.11. The smallest absolute Gasteiger partial charge is 0.126 e. The third kappa shape index (κ3) is 2.83. The van der Waals surface area contributed by atoms with E-state index in [0.717, 1.165) is 30.4 Å². The van der Waals surface area contributed by atoms with Gasteiger partial charge in [0, 0.05) is 0 Å². The van der Waals surface area contributed by atoms with E-state index in [1.807, 2.05) is 12.1 Å². The maximum Gasteiger partial charge on any atom is 0.126 e. The Morgan fingerprint density at radius 1 is 1.29 bits per heavy atom. The summed E-state index contributed by atoms with van der Waals surface area (Å²) in [5, 5.41) is 0. The van der Waals surface area contributed by atoms with Crippen molar-refractivity contribution in [1.29, 1.82) is 0 Å². The largest absolute Gasteiger partial charge is 0.207 e. The lowest BCUT2D eigenvalue weighted by molar-refractivity contribution is 0.599. The van der Waals surface area contributed by atoms with E-state index in [0.29, 0.717) is 5.92 Å². The number of aryl methyl sites for hydroxylation is 1. The molecule has 0 atom stereocenters. The monoisotopic (exact) mass is 194 g/mol. The van der Waals surface area contributed by atoms with Crippen molar-refractivity contribution in [1.82, 2.24) is 0 Å². The molecular weight excluding hydrogens is 175 g/mol. The Kier molecular flexibility index (Phi) is 4.12. The molecule has 14 heavy (non-hydrogen) atoms. The summed E-state index contributed by atoms with van der Waals surface area (Å²) in [7, 11) is 0. The molecule has 1 rings (SSSR count). The summed E-state index contributed by atoms with van der Waals surface area (Å²) in [5.41, 5.74) is 1.94. The highest BCUT2D eigenvalue weighted by atomic mass is 19.1. The van der Waals surface area contributed by atoms with E-state index >= 15 is 0 Å². The summed E-state index contributed by atoms with van der Waals surface area (Å²) < 4.78 is 13.5. The first-order valence-corrected chi connectivity index (χ1v) is 5.43. The van der Waals surface area contributed by atoms with Crippen molar-refractivity contribution in [3.05, 3.63) is 35.1 Å². The molecule has 0 aromatic heterocycles. The summed E-state index contributed by atoms with van der Waals surface area (Å²) in [6.45, 7) is 6.29. The third-order valence-corrected chi connectivity index (χ3v) is 2.54. The predicted octanol–water partition coefficient (Wildman–Crippen LogP) is 4.29. The number of rotatable bonds is 4. The highest BCUT2D eigenvalue weighted by molar-refractivity contribution is 5.26. The van der Waals surface area contributed by atoms with Gasteiger partial charge in [0.2, 0.25) is 0 Å². The minimum atomic E-state index is -0.0374. The molecule has 0 aliphatic heterocycles. The van der Waals surface area contributed by atoms with Crippen LogP contribution < -0.4 is 0 Å². The zero-order valence-corrected chi connectivity index (χ0v) is 9.31. The molecule has 1 aromatic carbocycles. The van der Waals surface area contributed by atoms with E-state index in [-0.39, 0.29) is 5.82 Å². The first-order valence-electron chi connectivity index (χ1n) is 5.43. The number of hydrogen-bond donors (Lipinski definition) is 0. The van der Waals surface area contributed by atoms with Crippen molar-refractivity contribution in [2.45, 2.75) is 46.0 Å². The highest BCUT2D eigenvalue weighted by Gasteiger charge is 2.05. The first-order chi connectivity index (χ1) is 6.65. The van der Waals surface area contributed by atoms with Crippen molar-refractivity contribution in [2.75, 3.05) is 0 Å². The molecule has 0 saturated carbocycles. The topological polar surface area (TPSA) is 0 Å². The van der Waals surface area contributed by atoms with Gasteiger partial charge in [-0.15, -0.1) is 0 Å². The van der Waals surface area contributed by atoms with Crippen LogP contribution in [0.15, 0.2) is 18.2 Å². The van der Waals surface area contributed by atoms with Gasteiger partial charge in [0.1, 0.15) is 5.82 Å². The predicted molar refractivity (Wildman–Crippen MR) is 59.1 cm³/mol. The standard InChI is InChI=1S/C13H19F/c1-4-5-6-11-7-8-12(10(2)3)9-13(11)14/h7-10H,4-6H2,1-3H3. The molecule has 0 bridgehead atoms. The molecule has 0 unspecified atom stereocenters. The fourth-order valence-electron chi connectivity index (χ4n) is 1.49. The Bertz CT molecular complexity index is 289. The van der Waals surface area contributed by atoms with Crippen LogP contribution in [0.25, 0.3) is 0 Å². The molecule has 1 heteroatoms. The van der Waals surface area contributed by atoms with E-state index in [2.05, 4.69) is 20.8 Å². The molecule has 0 nitrogen and oxygen atoms in total. The average Bonchev–Trinajstić information content (AvgIpc) is 2.15. The third-order valence-electron chi connectivity index (χ3n) is 2.54. The van der Waals surface area contributed by atoms with Gasteiger partial charge in [-0.05, 0) is 36.0 Å². The zero-order chi connectivity index (χ0) is 10.6. The van der Waals surface area contributed by atoms with E-state index in [1.54, 1.807) is 6.07 Å². The van der Waals surface area contributed by atoms with Crippen molar-refractivity contribution in [2.24, 2.45) is 0 Å². The molecule has 1 aromatic rings.